The molecule has 0 aliphatic carbocycles. The molecule has 0 bridgehead atoms. The summed E-state index contributed by atoms with van der Waals surface area (Å²) in [7, 11) is 0. The van der Waals surface area contributed by atoms with Gasteiger partial charge in [0, 0.05) is 37.9 Å². The largest absolute Gasteiger partial charge is 0.491 e. The first-order valence-corrected chi connectivity index (χ1v) is 10.0. The summed E-state index contributed by atoms with van der Waals surface area (Å²) in [4.78, 5) is 0. The smallest absolute Gasteiger partial charge is 0.127 e. The number of hydrogen-bond acceptors (Lipinski definition) is 5. The number of ether oxygens (including phenoxy) is 4. The van der Waals surface area contributed by atoms with Crippen LogP contribution in [-0.2, 0) is 22.6 Å². The molecule has 0 amide bonds. The lowest BCUT2D eigenvalue weighted by Gasteiger charge is -2.15. The normalized spacial score (nSPS) is 10.8. The van der Waals surface area contributed by atoms with Gasteiger partial charge in [-0.2, -0.15) is 0 Å². The number of rotatable bonds is 14. The van der Waals surface area contributed by atoms with Crippen molar-refractivity contribution in [3.63, 3.8) is 0 Å². The van der Waals surface area contributed by atoms with E-state index in [1.165, 1.54) is 11.1 Å². The molecule has 0 unspecified atom stereocenters. The highest BCUT2D eigenvalue weighted by atomic mass is 16.5. The van der Waals surface area contributed by atoms with E-state index < -0.39 is 0 Å². The molecule has 0 fully saturated rings. The van der Waals surface area contributed by atoms with Gasteiger partial charge in [0.1, 0.15) is 24.7 Å². The average Bonchev–Trinajstić information content (AvgIpc) is 2.71. The number of benzene rings is 2. The van der Waals surface area contributed by atoms with Crippen molar-refractivity contribution in [1.29, 1.82) is 0 Å². The zero-order chi connectivity index (χ0) is 20.0. The molecule has 5 heteroatoms. The predicted octanol–water partition coefficient (Wildman–Crippen LogP) is 4.12. The van der Waals surface area contributed by atoms with E-state index in [1.807, 2.05) is 26.0 Å². The van der Waals surface area contributed by atoms with Crippen molar-refractivity contribution < 1.29 is 18.9 Å². The Morgan fingerprint density at radius 2 is 1.43 bits per heavy atom. The van der Waals surface area contributed by atoms with Gasteiger partial charge in [-0.3, -0.25) is 0 Å². The summed E-state index contributed by atoms with van der Waals surface area (Å²) >= 11 is 0. The lowest BCUT2D eigenvalue weighted by Crippen LogP contribution is -2.15. The maximum absolute atomic E-state index is 5.96. The number of aryl methyl sites for hydroxylation is 1. The molecule has 0 radical (unpaired) electrons. The Kier molecular flexibility index (Phi) is 10.4. The summed E-state index contributed by atoms with van der Waals surface area (Å²) in [6, 6.07) is 14.4. The molecule has 0 saturated carbocycles. The summed E-state index contributed by atoms with van der Waals surface area (Å²) in [5.41, 5.74) is 3.70. The van der Waals surface area contributed by atoms with Crippen LogP contribution in [0.1, 0.15) is 30.5 Å². The van der Waals surface area contributed by atoms with Crippen molar-refractivity contribution in [2.75, 3.05) is 39.6 Å². The Morgan fingerprint density at radius 1 is 0.750 bits per heavy atom. The van der Waals surface area contributed by atoms with Gasteiger partial charge in [-0.1, -0.05) is 30.3 Å². The van der Waals surface area contributed by atoms with Crippen LogP contribution in [0, 0.1) is 6.92 Å². The fraction of sp³-hybridized carbons (Fsp3) is 0.478. The molecule has 2 rings (SSSR count). The monoisotopic (exact) mass is 387 g/mol. The molecular formula is C23H33NO4. The minimum absolute atomic E-state index is 0.515. The van der Waals surface area contributed by atoms with Crippen molar-refractivity contribution in [2.45, 2.75) is 33.9 Å². The zero-order valence-corrected chi connectivity index (χ0v) is 17.3. The topological polar surface area (TPSA) is 49.0 Å². The van der Waals surface area contributed by atoms with Crippen LogP contribution in [-0.4, -0.2) is 39.6 Å². The molecule has 0 atom stereocenters. The molecule has 0 aliphatic rings. The highest BCUT2D eigenvalue weighted by Crippen LogP contribution is 2.25. The van der Waals surface area contributed by atoms with Crippen molar-refractivity contribution in [1.82, 2.24) is 5.32 Å². The van der Waals surface area contributed by atoms with E-state index in [1.54, 1.807) is 0 Å². The van der Waals surface area contributed by atoms with Gasteiger partial charge in [-0.25, -0.2) is 0 Å². The Hall–Kier alpha value is -2.08. The fourth-order valence-corrected chi connectivity index (χ4v) is 2.76. The van der Waals surface area contributed by atoms with E-state index in [9.17, 15) is 0 Å². The summed E-state index contributed by atoms with van der Waals surface area (Å²) < 4.78 is 22.4. The molecular weight excluding hydrogens is 354 g/mol. The molecule has 0 aliphatic heterocycles. The SMILES string of the molecule is CCOCCOc1ccc(CNCc2ccccc2C)c(OCCOCC)c1. The van der Waals surface area contributed by atoms with E-state index in [4.69, 9.17) is 18.9 Å². The second kappa shape index (κ2) is 13.2. The lowest BCUT2D eigenvalue weighted by molar-refractivity contribution is 0.107. The molecule has 0 aromatic heterocycles. The molecule has 154 valence electrons. The minimum atomic E-state index is 0.515. The van der Waals surface area contributed by atoms with Crippen LogP contribution in [0.5, 0.6) is 11.5 Å². The summed E-state index contributed by atoms with van der Waals surface area (Å²) in [5, 5.41) is 3.51. The molecule has 0 saturated heterocycles. The van der Waals surface area contributed by atoms with Gasteiger partial charge >= 0.3 is 0 Å². The molecule has 5 nitrogen and oxygen atoms in total. The van der Waals surface area contributed by atoms with Crippen LogP contribution >= 0.6 is 0 Å². The molecule has 0 spiro atoms. The van der Waals surface area contributed by atoms with Crippen LogP contribution in [0.4, 0.5) is 0 Å². The quantitative estimate of drug-likeness (QED) is 0.494. The first-order chi connectivity index (χ1) is 13.7. The van der Waals surface area contributed by atoms with Crippen LogP contribution in [0.3, 0.4) is 0 Å². The predicted molar refractivity (Wildman–Crippen MR) is 112 cm³/mol. The highest BCUT2D eigenvalue weighted by Gasteiger charge is 2.07. The van der Waals surface area contributed by atoms with Gasteiger partial charge in [0.2, 0.25) is 0 Å². The Morgan fingerprint density at radius 3 is 2.14 bits per heavy atom. The summed E-state index contributed by atoms with van der Waals surface area (Å²) in [6.45, 7) is 11.2. The van der Waals surface area contributed by atoms with Crippen LogP contribution < -0.4 is 14.8 Å². The molecule has 0 heterocycles. The number of hydrogen-bond donors (Lipinski definition) is 1. The fourth-order valence-electron chi connectivity index (χ4n) is 2.76. The van der Waals surface area contributed by atoms with Gasteiger partial charge in [-0.15, -0.1) is 0 Å². The highest BCUT2D eigenvalue weighted by molar-refractivity contribution is 5.41. The minimum Gasteiger partial charge on any atom is -0.491 e. The van der Waals surface area contributed by atoms with Crippen molar-refractivity contribution in [3.05, 3.63) is 59.2 Å². The first kappa shape index (κ1) is 22.2. The van der Waals surface area contributed by atoms with Gasteiger partial charge < -0.3 is 24.3 Å². The zero-order valence-electron chi connectivity index (χ0n) is 17.3. The second-order valence-electron chi connectivity index (χ2n) is 6.39. The van der Waals surface area contributed by atoms with Gasteiger partial charge in [0.25, 0.3) is 0 Å². The Labute approximate surface area is 169 Å². The molecule has 1 N–H and O–H groups in total. The maximum Gasteiger partial charge on any atom is 0.127 e. The van der Waals surface area contributed by atoms with Gasteiger partial charge in [0.05, 0.1) is 13.2 Å². The third-order valence-corrected chi connectivity index (χ3v) is 4.32. The van der Waals surface area contributed by atoms with E-state index in [0.717, 1.165) is 30.2 Å². The lowest BCUT2D eigenvalue weighted by atomic mass is 10.1. The van der Waals surface area contributed by atoms with Gasteiger partial charge in [-0.05, 0) is 38.0 Å². The van der Waals surface area contributed by atoms with Crippen LogP contribution in [0.25, 0.3) is 0 Å². The van der Waals surface area contributed by atoms with Crippen LogP contribution in [0.2, 0.25) is 0 Å². The third-order valence-electron chi connectivity index (χ3n) is 4.32. The molecule has 28 heavy (non-hydrogen) atoms. The van der Waals surface area contributed by atoms with Crippen molar-refractivity contribution in [3.8, 4) is 11.5 Å². The number of nitrogens with one attached hydrogen (secondary N) is 1. The molecule has 2 aromatic rings. The second-order valence-corrected chi connectivity index (χ2v) is 6.39. The van der Waals surface area contributed by atoms with E-state index in [2.05, 4.69) is 42.6 Å². The van der Waals surface area contributed by atoms with Gasteiger partial charge in [0.15, 0.2) is 0 Å². The third kappa shape index (κ3) is 7.89. The average molecular weight is 388 g/mol. The van der Waals surface area contributed by atoms with E-state index >= 15 is 0 Å². The van der Waals surface area contributed by atoms with Crippen molar-refractivity contribution in [2.24, 2.45) is 0 Å². The summed E-state index contributed by atoms with van der Waals surface area (Å²) in [5.74, 6) is 1.61. The standard InChI is InChI=1S/C23H33NO4/c1-4-25-12-14-27-22-11-10-21(23(16-22)28-15-13-26-5-2)18-24-17-20-9-7-6-8-19(20)3/h6-11,16,24H,4-5,12-15,17-18H2,1-3H3. The molecule has 2 aromatic carbocycles. The maximum atomic E-state index is 5.96. The van der Waals surface area contributed by atoms with E-state index in [-0.39, 0.29) is 0 Å². The Bertz CT molecular complexity index is 690. The Balaban J connectivity index is 1.95. The van der Waals surface area contributed by atoms with Crippen LogP contribution in [0.15, 0.2) is 42.5 Å². The van der Waals surface area contributed by atoms with Crippen molar-refractivity contribution >= 4 is 0 Å². The van der Waals surface area contributed by atoms with E-state index in [0.29, 0.717) is 39.6 Å². The first-order valence-electron chi connectivity index (χ1n) is 10.0. The summed E-state index contributed by atoms with van der Waals surface area (Å²) in [6.07, 6.45) is 0.